The van der Waals surface area contributed by atoms with E-state index in [-0.39, 0.29) is 28.7 Å². The van der Waals surface area contributed by atoms with Gasteiger partial charge in [0.15, 0.2) is 15.0 Å². The highest BCUT2D eigenvalue weighted by atomic mass is 32.2. The third-order valence-corrected chi connectivity index (χ3v) is 8.59. The summed E-state index contributed by atoms with van der Waals surface area (Å²) in [7, 11) is -3.04. The monoisotopic (exact) mass is 428 g/mol. The molecule has 0 bridgehead atoms. The number of carbonyl (C=O) groups is 1. The molecule has 0 unspecified atom stereocenters. The fraction of sp³-hybridized carbons (Fsp3) is 0.364. The highest BCUT2D eigenvalue weighted by Crippen LogP contribution is 2.39. The Morgan fingerprint density at radius 3 is 2.52 bits per heavy atom. The van der Waals surface area contributed by atoms with Crippen molar-refractivity contribution in [1.29, 1.82) is 0 Å². The number of thioether (sulfide) groups is 1. The number of aliphatic imine (C=N–C) groups is 1. The first-order valence-corrected chi connectivity index (χ1v) is 12.4. The molecule has 2 aliphatic heterocycles. The van der Waals surface area contributed by atoms with Gasteiger partial charge in [0.2, 0.25) is 5.91 Å². The van der Waals surface area contributed by atoms with Gasteiger partial charge >= 0.3 is 0 Å². The minimum absolute atomic E-state index is 0.0499. The number of amidine groups is 1. The molecule has 5 nitrogen and oxygen atoms in total. The molecule has 0 spiro atoms. The van der Waals surface area contributed by atoms with Crippen molar-refractivity contribution < 1.29 is 13.2 Å². The fourth-order valence-electron chi connectivity index (χ4n) is 3.77. The van der Waals surface area contributed by atoms with Crippen LogP contribution < -0.4 is 0 Å². The van der Waals surface area contributed by atoms with Crippen LogP contribution in [0.25, 0.3) is 0 Å². The number of rotatable bonds is 5. The molecule has 2 aliphatic rings. The van der Waals surface area contributed by atoms with Gasteiger partial charge in [0.25, 0.3) is 0 Å². The molecule has 7 heteroatoms. The van der Waals surface area contributed by atoms with E-state index in [9.17, 15) is 13.2 Å². The lowest BCUT2D eigenvalue weighted by Crippen LogP contribution is -2.37. The van der Waals surface area contributed by atoms with Crippen molar-refractivity contribution >= 4 is 32.7 Å². The van der Waals surface area contributed by atoms with Crippen molar-refractivity contribution in [2.75, 3.05) is 11.5 Å². The second-order valence-corrected chi connectivity index (χ2v) is 11.0. The van der Waals surface area contributed by atoms with Crippen LogP contribution in [0.15, 0.2) is 59.6 Å². The predicted molar refractivity (Wildman–Crippen MR) is 118 cm³/mol. The van der Waals surface area contributed by atoms with Crippen LogP contribution in [-0.2, 0) is 27.6 Å². The van der Waals surface area contributed by atoms with Crippen LogP contribution >= 0.6 is 11.8 Å². The number of fused-ring (bicyclic) bond motifs is 1. The number of carbonyl (C=O) groups excluding carboxylic acids is 1. The van der Waals surface area contributed by atoms with Gasteiger partial charge in [-0.1, -0.05) is 71.9 Å². The minimum Gasteiger partial charge on any atom is -0.342 e. The third kappa shape index (κ3) is 4.90. The van der Waals surface area contributed by atoms with E-state index in [0.717, 1.165) is 11.1 Å². The van der Waals surface area contributed by atoms with Crippen LogP contribution in [-0.4, -0.2) is 47.2 Å². The SMILES string of the molecule is Cc1ccc(CN2C(=NC(=O)CCc3ccccc3)S[C@@H]3CS(=O)(=O)C[C@H]32)cc1. The highest BCUT2D eigenvalue weighted by molar-refractivity contribution is 8.15. The molecule has 2 aromatic carbocycles. The first-order chi connectivity index (χ1) is 13.9. The Morgan fingerprint density at radius 1 is 1.07 bits per heavy atom. The summed E-state index contributed by atoms with van der Waals surface area (Å²) in [5.41, 5.74) is 3.38. The van der Waals surface area contributed by atoms with Crippen LogP contribution in [0.4, 0.5) is 0 Å². The van der Waals surface area contributed by atoms with Crippen molar-refractivity contribution in [1.82, 2.24) is 4.90 Å². The van der Waals surface area contributed by atoms with Crippen molar-refractivity contribution in [3.05, 3.63) is 71.3 Å². The number of benzene rings is 2. The minimum atomic E-state index is -3.04. The molecule has 0 N–H and O–H groups in total. The smallest absolute Gasteiger partial charge is 0.248 e. The van der Waals surface area contributed by atoms with E-state index in [1.54, 1.807) is 0 Å². The fourth-order valence-corrected chi connectivity index (χ4v) is 7.74. The second-order valence-electron chi connectivity index (χ2n) is 7.69. The van der Waals surface area contributed by atoms with Crippen molar-refractivity contribution in [2.45, 2.75) is 37.6 Å². The zero-order valence-corrected chi connectivity index (χ0v) is 18.0. The maximum Gasteiger partial charge on any atom is 0.248 e. The Bertz CT molecular complexity index is 1020. The van der Waals surface area contributed by atoms with E-state index >= 15 is 0 Å². The van der Waals surface area contributed by atoms with E-state index in [1.165, 1.54) is 17.3 Å². The number of hydrogen-bond acceptors (Lipinski definition) is 4. The van der Waals surface area contributed by atoms with Gasteiger partial charge in [0.05, 0.1) is 17.5 Å². The number of amides is 1. The molecule has 2 aromatic rings. The molecule has 2 saturated heterocycles. The Labute approximate surface area is 176 Å². The van der Waals surface area contributed by atoms with Gasteiger partial charge in [-0.25, -0.2) is 8.42 Å². The van der Waals surface area contributed by atoms with Crippen molar-refractivity contribution in [2.24, 2.45) is 4.99 Å². The van der Waals surface area contributed by atoms with Crippen LogP contribution in [0.2, 0.25) is 0 Å². The molecule has 2 atom stereocenters. The molecule has 1 amide bonds. The molecular weight excluding hydrogens is 404 g/mol. The van der Waals surface area contributed by atoms with Gasteiger partial charge in [-0.2, -0.15) is 4.99 Å². The molecular formula is C22H24N2O3S2. The number of sulfone groups is 1. The summed E-state index contributed by atoms with van der Waals surface area (Å²) in [6.45, 7) is 2.60. The lowest BCUT2D eigenvalue weighted by molar-refractivity contribution is -0.117. The first kappa shape index (κ1) is 20.2. The summed E-state index contributed by atoms with van der Waals surface area (Å²) in [6.07, 6.45) is 1.00. The van der Waals surface area contributed by atoms with E-state index in [1.807, 2.05) is 66.4 Å². The molecule has 2 fully saturated rings. The lowest BCUT2D eigenvalue weighted by Gasteiger charge is -2.24. The molecule has 2 heterocycles. The zero-order valence-electron chi connectivity index (χ0n) is 16.3. The van der Waals surface area contributed by atoms with Gasteiger partial charge in [0, 0.05) is 18.2 Å². The number of aryl methyl sites for hydroxylation is 2. The van der Waals surface area contributed by atoms with Crippen LogP contribution in [0.5, 0.6) is 0 Å². The number of hydrogen-bond donors (Lipinski definition) is 0. The van der Waals surface area contributed by atoms with E-state index in [2.05, 4.69) is 4.99 Å². The lowest BCUT2D eigenvalue weighted by atomic mass is 10.1. The van der Waals surface area contributed by atoms with Gasteiger partial charge in [0.1, 0.15) is 0 Å². The van der Waals surface area contributed by atoms with Crippen molar-refractivity contribution in [3.8, 4) is 0 Å². The average molecular weight is 429 g/mol. The molecule has 0 aliphatic carbocycles. The molecule has 0 aromatic heterocycles. The standard InChI is InChI=1S/C22H24N2O3S2/c1-16-7-9-18(10-8-16)13-24-19-14-29(26,27)15-20(19)28-22(24)23-21(25)12-11-17-5-3-2-4-6-17/h2-10,19-20H,11-15H2,1H3/t19-,20-/m1/s1. The van der Waals surface area contributed by atoms with Crippen LogP contribution in [0.1, 0.15) is 23.1 Å². The normalized spacial score (nSPS) is 24.0. The maximum absolute atomic E-state index is 12.5. The van der Waals surface area contributed by atoms with Gasteiger partial charge in [-0.15, -0.1) is 0 Å². The zero-order chi connectivity index (χ0) is 20.4. The average Bonchev–Trinajstić information content (AvgIpc) is 3.15. The number of nitrogens with zero attached hydrogens (tertiary/aromatic N) is 2. The Kier molecular flexibility index (Phi) is 5.79. The Hall–Kier alpha value is -2.12. The summed E-state index contributed by atoms with van der Waals surface area (Å²) >= 11 is 1.44. The van der Waals surface area contributed by atoms with Crippen molar-refractivity contribution in [3.63, 3.8) is 0 Å². The van der Waals surface area contributed by atoms with Crippen LogP contribution in [0.3, 0.4) is 0 Å². The summed E-state index contributed by atoms with van der Waals surface area (Å²) in [5, 5.41) is 0.611. The van der Waals surface area contributed by atoms with E-state index in [4.69, 9.17) is 0 Å². The molecule has 4 rings (SSSR count). The van der Waals surface area contributed by atoms with E-state index in [0.29, 0.717) is 24.6 Å². The summed E-state index contributed by atoms with van der Waals surface area (Å²) in [5.74, 6) is 0.130. The topological polar surface area (TPSA) is 66.8 Å². The van der Waals surface area contributed by atoms with E-state index < -0.39 is 9.84 Å². The first-order valence-electron chi connectivity index (χ1n) is 9.74. The van der Waals surface area contributed by atoms with Gasteiger partial charge < -0.3 is 4.90 Å². The quantitative estimate of drug-likeness (QED) is 0.732. The molecule has 0 saturated carbocycles. The predicted octanol–water partition coefficient (Wildman–Crippen LogP) is 3.22. The van der Waals surface area contributed by atoms with Gasteiger partial charge in [-0.3, -0.25) is 4.79 Å². The highest BCUT2D eigenvalue weighted by Gasteiger charge is 2.48. The molecule has 0 radical (unpaired) electrons. The Morgan fingerprint density at radius 2 is 1.79 bits per heavy atom. The summed E-state index contributed by atoms with van der Waals surface area (Å²) in [4.78, 5) is 18.9. The maximum atomic E-state index is 12.5. The summed E-state index contributed by atoms with van der Waals surface area (Å²) in [6, 6.07) is 18.0. The third-order valence-electron chi connectivity index (χ3n) is 5.34. The van der Waals surface area contributed by atoms with Crippen LogP contribution in [0, 0.1) is 6.92 Å². The second kappa shape index (κ2) is 8.32. The molecule has 152 valence electrons. The Balaban J connectivity index is 1.51. The molecule has 29 heavy (non-hydrogen) atoms. The summed E-state index contributed by atoms with van der Waals surface area (Å²) < 4.78 is 24.3. The largest absolute Gasteiger partial charge is 0.342 e. The van der Waals surface area contributed by atoms with Gasteiger partial charge in [-0.05, 0) is 24.5 Å².